The van der Waals surface area contributed by atoms with Crippen LogP contribution in [-0.4, -0.2) is 7.05 Å². The predicted molar refractivity (Wildman–Crippen MR) is 54.0 cm³/mol. The zero-order valence-corrected chi connectivity index (χ0v) is 8.06. The van der Waals surface area contributed by atoms with Crippen LogP contribution in [0.1, 0.15) is 5.76 Å². The average molecular weight is 196 g/mol. The summed E-state index contributed by atoms with van der Waals surface area (Å²) in [6.45, 7) is 0.660. The van der Waals surface area contributed by atoms with Gasteiger partial charge in [0.25, 0.3) is 0 Å². The second-order valence-corrected chi connectivity index (χ2v) is 3.24. The molecule has 1 aromatic heterocycles. The summed E-state index contributed by atoms with van der Waals surface area (Å²) in [4.78, 5) is 0. The SMILES string of the molecule is CNCc1oc2ccccc2c1Cl. The summed E-state index contributed by atoms with van der Waals surface area (Å²) in [5, 5.41) is 4.70. The van der Waals surface area contributed by atoms with E-state index in [9.17, 15) is 0 Å². The molecule has 2 aromatic rings. The molecule has 1 N–H and O–H groups in total. The lowest BCUT2D eigenvalue weighted by Crippen LogP contribution is -2.03. The van der Waals surface area contributed by atoms with Gasteiger partial charge in [0.15, 0.2) is 0 Å². The van der Waals surface area contributed by atoms with Crippen molar-refractivity contribution in [2.75, 3.05) is 7.05 Å². The zero-order chi connectivity index (χ0) is 9.26. The predicted octanol–water partition coefficient (Wildman–Crippen LogP) is 2.81. The Kier molecular flexibility index (Phi) is 2.25. The summed E-state index contributed by atoms with van der Waals surface area (Å²) < 4.78 is 5.54. The molecule has 1 aromatic carbocycles. The molecule has 0 saturated carbocycles. The molecule has 0 fully saturated rings. The van der Waals surface area contributed by atoms with Crippen LogP contribution in [0, 0.1) is 0 Å². The first-order valence-electron chi connectivity index (χ1n) is 4.13. The summed E-state index contributed by atoms with van der Waals surface area (Å²) in [5.74, 6) is 0.797. The number of hydrogen-bond acceptors (Lipinski definition) is 2. The molecule has 0 radical (unpaired) electrons. The largest absolute Gasteiger partial charge is 0.458 e. The van der Waals surface area contributed by atoms with Gasteiger partial charge in [0, 0.05) is 5.39 Å². The van der Waals surface area contributed by atoms with Gasteiger partial charge in [-0.1, -0.05) is 23.7 Å². The Morgan fingerprint density at radius 2 is 2.15 bits per heavy atom. The maximum Gasteiger partial charge on any atom is 0.137 e. The Bertz CT molecular complexity index is 422. The number of fused-ring (bicyclic) bond motifs is 1. The first-order chi connectivity index (χ1) is 6.33. The van der Waals surface area contributed by atoms with Gasteiger partial charge in [0.2, 0.25) is 0 Å². The van der Waals surface area contributed by atoms with Crippen molar-refractivity contribution in [2.24, 2.45) is 0 Å². The normalized spacial score (nSPS) is 10.9. The second-order valence-electron chi connectivity index (χ2n) is 2.87. The van der Waals surface area contributed by atoms with Crippen molar-refractivity contribution >= 4 is 22.6 Å². The first-order valence-corrected chi connectivity index (χ1v) is 4.51. The van der Waals surface area contributed by atoms with Crippen LogP contribution in [0.25, 0.3) is 11.0 Å². The van der Waals surface area contributed by atoms with E-state index in [2.05, 4.69) is 5.32 Å². The zero-order valence-electron chi connectivity index (χ0n) is 7.30. The number of rotatable bonds is 2. The van der Waals surface area contributed by atoms with Gasteiger partial charge in [0.05, 0.1) is 11.6 Å². The molecule has 0 aliphatic rings. The number of benzene rings is 1. The Morgan fingerprint density at radius 3 is 2.85 bits per heavy atom. The lowest BCUT2D eigenvalue weighted by molar-refractivity contribution is 0.531. The van der Waals surface area contributed by atoms with Crippen LogP contribution in [0.3, 0.4) is 0 Å². The summed E-state index contributed by atoms with van der Waals surface area (Å²) in [6.07, 6.45) is 0. The molecule has 0 aliphatic carbocycles. The highest BCUT2D eigenvalue weighted by atomic mass is 35.5. The molecule has 0 aliphatic heterocycles. The maximum atomic E-state index is 6.10. The molecule has 0 atom stereocenters. The highest BCUT2D eigenvalue weighted by molar-refractivity contribution is 6.36. The minimum Gasteiger partial charge on any atom is -0.458 e. The van der Waals surface area contributed by atoms with E-state index in [1.165, 1.54) is 0 Å². The third kappa shape index (κ3) is 1.43. The van der Waals surface area contributed by atoms with E-state index in [4.69, 9.17) is 16.0 Å². The molecular formula is C10H10ClNO. The van der Waals surface area contributed by atoms with E-state index in [1.807, 2.05) is 31.3 Å². The van der Waals surface area contributed by atoms with Crippen molar-refractivity contribution in [1.82, 2.24) is 5.32 Å². The lowest BCUT2D eigenvalue weighted by atomic mass is 10.2. The molecule has 3 heteroatoms. The highest BCUT2D eigenvalue weighted by Crippen LogP contribution is 2.29. The van der Waals surface area contributed by atoms with Gasteiger partial charge in [-0.3, -0.25) is 0 Å². The van der Waals surface area contributed by atoms with Crippen molar-refractivity contribution < 1.29 is 4.42 Å². The Hall–Kier alpha value is -0.990. The Balaban J connectivity index is 2.60. The summed E-state index contributed by atoms with van der Waals surface area (Å²) in [6, 6.07) is 7.76. The molecule has 2 rings (SSSR count). The molecule has 0 saturated heterocycles. The third-order valence-corrected chi connectivity index (χ3v) is 2.35. The van der Waals surface area contributed by atoms with E-state index in [0.717, 1.165) is 16.7 Å². The minimum absolute atomic E-state index is 0.660. The summed E-state index contributed by atoms with van der Waals surface area (Å²) in [7, 11) is 1.86. The summed E-state index contributed by atoms with van der Waals surface area (Å²) in [5.41, 5.74) is 0.845. The van der Waals surface area contributed by atoms with Crippen LogP contribution in [0.4, 0.5) is 0 Å². The number of nitrogens with one attached hydrogen (secondary N) is 1. The summed E-state index contributed by atoms with van der Waals surface area (Å²) >= 11 is 6.10. The van der Waals surface area contributed by atoms with E-state index >= 15 is 0 Å². The van der Waals surface area contributed by atoms with Crippen molar-refractivity contribution in [2.45, 2.75) is 6.54 Å². The van der Waals surface area contributed by atoms with Crippen LogP contribution in [0.2, 0.25) is 5.02 Å². The fourth-order valence-electron chi connectivity index (χ4n) is 1.34. The standard InChI is InChI=1S/C10H10ClNO/c1-12-6-9-10(11)7-4-2-3-5-8(7)13-9/h2-5,12H,6H2,1H3. The molecule has 0 spiro atoms. The van der Waals surface area contributed by atoms with Crippen molar-refractivity contribution in [3.05, 3.63) is 35.0 Å². The molecule has 13 heavy (non-hydrogen) atoms. The monoisotopic (exact) mass is 195 g/mol. The topological polar surface area (TPSA) is 25.2 Å². The van der Waals surface area contributed by atoms with Crippen LogP contribution in [0.15, 0.2) is 28.7 Å². The fraction of sp³-hybridized carbons (Fsp3) is 0.200. The Morgan fingerprint density at radius 1 is 1.38 bits per heavy atom. The van der Waals surface area contributed by atoms with Gasteiger partial charge < -0.3 is 9.73 Å². The number of hydrogen-bond donors (Lipinski definition) is 1. The van der Waals surface area contributed by atoms with Crippen LogP contribution in [0.5, 0.6) is 0 Å². The van der Waals surface area contributed by atoms with Crippen LogP contribution in [-0.2, 0) is 6.54 Å². The number of halogens is 1. The van der Waals surface area contributed by atoms with Crippen molar-refractivity contribution in [3.8, 4) is 0 Å². The molecule has 2 nitrogen and oxygen atoms in total. The average Bonchev–Trinajstić information content (AvgIpc) is 2.46. The molecule has 0 amide bonds. The quantitative estimate of drug-likeness (QED) is 0.797. The van der Waals surface area contributed by atoms with Crippen molar-refractivity contribution in [1.29, 1.82) is 0 Å². The van der Waals surface area contributed by atoms with Gasteiger partial charge in [-0.05, 0) is 19.2 Å². The van der Waals surface area contributed by atoms with Gasteiger partial charge in [0.1, 0.15) is 11.3 Å². The van der Waals surface area contributed by atoms with Gasteiger partial charge in [-0.15, -0.1) is 0 Å². The van der Waals surface area contributed by atoms with E-state index in [1.54, 1.807) is 0 Å². The smallest absolute Gasteiger partial charge is 0.137 e. The van der Waals surface area contributed by atoms with E-state index < -0.39 is 0 Å². The van der Waals surface area contributed by atoms with Crippen molar-refractivity contribution in [3.63, 3.8) is 0 Å². The molecule has 1 heterocycles. The minimum atomic E-state index is 0.660. The van der Waals surface area contributed by atoms with Gasteiger partial charge >= 0.3 is 0 Å². The van der Waals surface area contributed by atoms with E-state index in [-0.39, 0.29) is 0 Å². The molecule has 68 valence electrons. The van der Waals surface area contributed by atoms with Gasteiger partial charge in [-0.25, -0.2) is 0 Å². The fourth-order valence-corrected chi connectivity index (χ4v) is 1.60. The first kappa shape index (κ1) is 8.60. The second kappa shape index (κ2) is 3.40. The lowest BCUT2D eigenvalue weighted by Gasteiger charge is -1.92. The number of furan rings is 1. The highest BCUT2D eigenvalue weighted by Gasteiger charge is 2.09. The molecule has 0 unspecified atom stereocenters. The molecular weight excluding hydrogens is 186 g/mol. The molecule has 0 bridgehead atoms. The van der Waals surface area contributed by atoms with Crippen LogP contribution < -0.4 is 5.32 Å². The van der Waals surface area contributed by atoms with E-state index in [0.29, 0.717) is 11.6 Å². The third-order valence-electron chi connectivity index (χ3n) is 1.94. The maximum absolute atomic E-state index is 6.10. The number of para-hydroxylation sites is 1. The van der Waals surface area contributed by atoms with Gasteiger partial charge in [-0.2, -0.15) is 0 Å². The Labute approximate surface area is 81.5 Å². The van der Waals surface area contributed by atoms with Crippen LogP contribution >= 0.6 is 11.6 Å².